The molecule has 0 bridgehead atoms. The minimum absolute atomic E-state index is 0.164. The fourth-order valence-electron chi connectivity index (χ4n) is 2.21. The molecule has 0 aliphatic carbocycles. The lowest BCUT2D eigenvalue weighted by atomic mass is 10.1. The number of hydrogen-bond donors (Lipinski definition) is 1. The molecule has 1 aliphatic heterocycles. The van der Waals surface area contributed by atoms with E-state index in [1.54, 1.807) is 0 Å². The highest BCUT2D eigenvalue weighted by molar-refractivity contribution is 7.91. The van der Waals surface area contributed by atoms with E-state index in [1.807, 2.05) is 6.08 Å². The molecule has 0 spiro atoms. The van der Waals surface area contributed by atoms with Crippen molar-refractivity contribution in [2.24, 2.45) is 0 Å². The van der Waals surface area contributed by atoms with Gasteiger partial charge in [0.15, 0.2) is 9.84 Å². The van der Waals surface area contributed by atoms with Crippen LogP contribution in [0, 0.1) is 0 Å². The second-order valence-corrected chi connectivity index (χ2v) is 6.97. The minimum atomic E-state index is -2.78. The molecule has 0 aromatic rings. The Morgan fingerprint density at radius 3 is 2.94 bits per heavy atom. The van der Waals surface area contributed by atoms with E-state index in [-0.39, 0.29) is 6.04 Å². The average Bonchev–Trinajstić information content (AvgIpc) is 2.16. The Morgan fingerprint density at radius 2 is 2.31 bits per heavy atom. The monoisotopic (exact) mass is 245 g/mol. The molecule has 2 unspecified atom stereocenters. The van der Waals surface area contributed by atoms with Gasteiger partial charge in [0.2, 0.25) is 0 Å². The molecule has 1 fully saturated rings. The van der Waals surface area contributed by atoms with Crippen LogP contribution in [0.5, 0.6) is 0 Å². The number of unbranched alkanes of at least 4 members (excludes halogenated alkanes) is 1. The number of nitrogens with one attached hydrogen (secondary N) is 1. The summed E-state index contributed by atoms with van der Waals surface area (Å²) in [6.07, 6.45) is 6.97. The molecule has 0 aromatic heterocycles. The van der Waals surface area contributed by atoms with Crippen LogP contribution >= 0.6 is 0 Å². The summed E-state index contributed by atoms with van der Waals surface area (Å²) in [5.74, 6) is 0.689. The van der Waals surface area contributed by atoms with E-state index in [9.17, 15) is 8.42 Å². The predicted octanol–water partition coefficient (Wildman–Crippen LogP) is 1.90. The first-order valence-electron chi connectivity index (χ1n) is 6.11. The van der Waals surface area contributed by atoms with Crippen LogP contribution in [0.15, 0.2) is 12.7 Å². The second kappa shape index (κ2) is 6.40. The molecular formula is C12H23NO2S. The van der Waals surface area contributed by atoms with Crippen molar-refractivity contribution in [3.63, 3.8) is 0 Å². The van der Waals surface area contributed by atoms with Crippen molar-refractivity contribution in [3.8, 4) is 0 Å². The third-order valence-corrected chi connectivity index (χ3v) is 4.85. The van der Waals surface area contributed by atoms with Crippen molar-refractivity contribution in [3.05, 3.63) is 12.7 Å². The Labute approximate surface area is 99.2 Å². The molecule has 1 rings (SSSR count). The van der Waals surface area contributed by atoms with E-state index in [1.165, 1.54) is 0 Å². The van der Waals surface area contributed by atoms with Crippen LogP contribution in [-0.2, 0) is 9.84 Å². The van der Waals surface area contributed by atoms with Gasteiger partial charge in [-0.25, -0.2) is 8.42 Å². The molecule has 1 saturated heterocycles. The van der Waals surface area contributed by atoms with Crippen LogP contribution in [0.1, 0.15) is 39.0 Å². The van der Waals surface area contributed by atoms with Gasteiger partial charge in [-0.05, 0) is 39.0 Å². The van der Waals surface area contributed by atoms with E-state index >= 15 is 0 Å². The van der Waals surface area contributed by atoms with Gasteiger partial charge in [-0.15, -0.1) is 6.58 Å². The van der Waals surface area contributed by atoms with Crippen LogP contribution in [0.25, 0.3) is 0 Å². The summed E-state index contributed by atoms with van der Waals surface area (Å²) in [6, 6.07) is 0.565. The van der Waals surface area contributed by atoms with Gasteiger partial charge in [0, 0.05) is 12.1 Å². The van der Waals surface area contributed by atoms with Gasteiger partial charge in [0.25, 0.3) is 0 Å². The van der Waals surface area contributed by atoms with Gasteiger partial charge in [0.1, 0.15) is 0 Å². The van der Waals surface area contributed by atoms with Crippen molar-refractivity contribution >= 4 is 9.84 Å². The number of allylic oxidation sites excluding steroid dienone is 1. The molecular weight excluding hydrogens is 222 g/mol. The predicted molar refractivity (Wildman–Crippen MR) is 68.3 cm³/mol. The van der Waals surface area contributed by atoms with Crippen LogP contribution < -0.4 is 5.32 Å². The molecule has 0 radical (unpaired) electrons. The zero-order valence-corrected chi connectivity index (χ0v) is 10.9. The Balaban J connectivity index is 2.27. The normalized spacial score (nSPS) is 26.2. The fraction of sp³-hybridized carbons (Fsp3) is 0.833. The van der Waals surface area contributed by atoms with E-state index < -0.39 is 9.84 Å². The molecule has 4 heteroatoms. The SMILES string of the molecule is C=CCCCC(C)NC1CCCS(=O)(=O)C1. The molecule has 94 valence electrons. The third-order valence-electron chi connectivity index (χ3n) is 3.03. The van der Waals surface area contributed by atoms with Crippen LogP contribution in [-0.4, -0.2) is 32.0 Å². The Morgan fingerprint density at radius 1 is 1.56 bits per heavy atom. The average molecular weight is 245 g/mol. The third kappa shape index (κ3) is 5.12. The molecule has 0 saturated carbocycles. The van der Waals surface area contributed by atoms with E-state index in [0.717, 1.165) is 32.1 Å². The van der Waals surface area contributed by atoms with Gasteiger partial charge < -0.3 is 5.32 Å². The maximum absolute atomic E-state index is 11.4. The van der Waals surface area contributed by atoms with Gasteiger partial charge in [0.05, 0.1) is 11.5 Å². The highest BCUT2D eigenvalue weighted by atomic mass is 32.2. The molecule has 1 aliphatic rings. The molecule has 3 nitrogen and oxygen atoms in total. The molecule has 1 heterocycles. The first kappa shape index (κ1) is 13.7. The highest BCUT2D eigenvalue weighted by Crippen LogP contribution is 2.13. The largest absolute Gasteiger partial charge is 0.310 e. The molecule has 16 heavy (non-hydrogen) atoms. The second-order valence-electron chi connectivity index (χ2n) is 4.74. The Bertz CT molecular complexity index is 311. The number of sulfone groups is 1. The summed E-state index contributed by atoms with van der Waals surface area (Å²) < 4.78 is 22.9. The van der Waals surface area contributed by atoms with Crippen LogP contribution in [0.3, 0.4) is 0 Å². The molecule has 0 amide bonds. The van der Waals surface area contributed by atoms with Crippen molar-refractivity contribution in [2.45, 2.75) is 51.1 Å². The molecule has 0 aromatic carbocycles. The summed E-state index contributed by atoms with van der Waals surface area (Å²) in [4.78, 5) is 0. The highest BCUT2D eigenvalue weighted by Gasteiger charge is 2.25. The Hall–Kier alpha value is -0.350. The molecule has 2 atom stereocenters. The number of hydrogen-bond acceptors (Lipinski definition) is 3. The summed E-state index contributed by atoms with van der Waals surface area (Å²) >= 11 is 0. The summed E-state index contributed by atoms with van der Waals surface area (Å²) in [6.45, 7) is 5.82. The standard InChI is InChI=1S/C12H23NO2S/c1-3-4-5-7-11(2)13-12-8-6-9-16(14,15)10-12/h3,11-13H,1,4-10H2,2H3. The molecule has 1 N–H and O–H groups in total. The van der Waals surface area contributed by atoms with Crippen molar-refractivity contribution in [1.82, 2.24) is 5.32 Å². The van der Waals surface area contributed by atoms with Gasteiger partial charge in [-0.1, -0.05) is 6.08 Å². The van der Waals surface area contributed by atoms with Gasteiger partial charge in [-0.3, -0.25) is 0 Å². The summed E-state index contributed by atoms with van der Waals surface area (Å²) in [5, 5.41) is 3.42. The smallest absolute Gasteiger partial charge is 0.151 e. The zero-order chi connectivity index (χ0) is 12.0. The lowest BCUT2D eigenvalue weighted by Crippen LogP contribution is -2.44. The zero-order valence-electron chi connectivity index (χ0n) is 10.1. The quantitative estimate of drug-likeness (QED) is 0.574. The summed E-state index contributed by atoms with van der Waals surface area (Å²) in [7, 11) is -2.78. The number of rotatable bonds is 6. The van der Waals surface area contributed by atoms with E-state index in [0.29, 0.717) is 17.5 Å². The van der Waals surface area contributed by atoms with Crippen molar-refractivity contribution in [1.29, 1.82) is 0 Å². The fourth-order valence-corrected chi connectivity index (χ4v) is 3.86. The first-order chi connectivity index (χ1) is 7.53. The van der Waals surface area contributed by atoms with E-state index in [4.69, 9.17) is 0 Å². The summed E-state index contributed by atoms with van der Waals surface area (Å²) in [5.41, 5.74) is 0. The van der Waals surface area contributed by atoms with E-state index in [2.05, 4.69) is 18.8 Å². The van der Waals surface area contributed by atoms with Crippen molar-refractivity contribution in [2.75, 3.05) is 11.5 Å². The van der Waals surface area contributed by atoms with Gasteiger partial charge in [-0.2, -0.15) is 0 Å². The lowest BCUT2D eigenvalue weighted by Gasteiger charge is -2.26. The van der Waals surface area contributed by atoms with Crippen LogP contribution in [0.2, 0.25) is 0 Å². The Kier molecular flexibility index (Phi) is 5.49. The van der Waals surface area contributed by atoms with Crippen molar-refractivity contribution < 1.29 is 8.42 Å². The maximum atomic E-state index is 11.4. The van der Waals surface area contributed by atoms with Crippen LogP contribution in [0.4, 0.5) is 0 Å². The maximum Gasteiger partial charge on any atom is 0.151 e. The lowest BCUT2D eigenvalue weighted by molar-refractivity contribution is 0.410. The minimum Gasteiger partial charge on any atom is -0.310 e. The van der Waals surface area contributed by atoms with Gasteiger partial charge >= 0.3 is 0 Å². The first-order valence-corrected chi connectivity index (χ1v) is 7.93. The topological polar surface area (TPSA) is 46.2 Å².